The largest absolute Gasteiger partial charge is 0.508 e. The van der Waals surface area contributed by atoms with E-state index < -0.39 is 11.9 Å². The minimum absolute atomic E-state index is 0.00824. The molecule has 5 rings (SSSR count). The molecule has 0 aromatic heterocycles. The van der Waals surface area contributed by atoms with Gasteiger partial charge >= 0.3 is 0 Å². The predicted octanol–water partition coefficient (Wildman–Crippen LogP) is 7.04. The van der Waals surface area contributed by atoms with Gasteiger partial charge in [0, 0.05) is 74.0 Å². The lowest BCUT2D eigenvalue weighted by Gasteiger charge is -2.27. The smallest absolute Gasteiger partial charge is 0.246 e. The number of allylic oxidation sites excluding steroid dienone is 6. The van der Waals surface area contributed by atoms with Crippen LogP contribution in [0.2, 0.25) is 0 Å². The van der Waals surface area contributed by atoms with Crippen molar-refractivity contribution in [3.05, 3.63) is 126 Å². The monoisotopic (exact) mass is 874 g/mol. The summed E-state index contributed by atoms with van der Waals surface area (Å²) in [5.74, 6) is -0.730. The molecule has 1 unspecified atom stereocenters. The molecule has 2 aliphatic heterocycles. The highest BCUT2D eigenvalue weighted by Gasteiger charge is 2.42. The van der Waals surface area contributed by atoms with Gasteiger partial charge in [0.25, 0.3) is 0 Å². The van der Waals surface area contributed by atoms with Gasteiger partial charge in [-0.15, -0.1) is 0 Å². The van der Waals surface area contributed by atoms with E-state index in [9.17, 15) is 24.3 Å². The summed E-state index contributed by atoms with van der Waals surface area (Å²) in [4.78, 5) is 52.1. The molecule has 4 amide bonds. The number of amides is 4. The first kappa shape index (κ1) is 49.0. The summed E-state index contributed by atoms with van der Waals surface area (Å²) in [6, 6.07) is 23.3. The molecule has 342 valence electrons. The number of rotatable bonds is 24. The van der Waals surface area contributed by atoms with Gasteiger partial charge in [-0.1, -0.05) is 87.0 Å². The van der Waals surface area contributed by atoms with Crippen molar-refractivity contribution >= 4 is 40.7 Å². The number of fused-ring (bicyclic) bond motifs is 2. The molecule has 12 heteroatoms. The summed E-state index contributed by atoms with van der Waals surface area (Å²) in [5.41, 5.74) is 8.42. The summed E-state index contributed by atoms with van der Waals surface area (Å²) in [6.07, 6.45) is 16.2. The number of para-hydroxylation sites is 2. The molecular formula is C52H69N6O6+. The van der Waals surface area contributed by atoms with Gasteiger partial charge in [-0.25, -0.2) is 0 Å². The molecule has 64 heavy (non-hydrogen) atoms. The highest BCUT2D eigenvalue weighted by atomic mass is 16.5. The standard InChI is InChI=1S/C52H68N6O6/c1-38(59)53-34-36-64-37-49(62)56-43(50(63)55-33-31-39-27-29-40(60)30-28-39)21-16-17-32-54-48(61)26-11-8-18-35-58-45-23-15-13-20-42(45)52(4,5)47(58)25-10-7-9-24-46-51(2,3)41-19-12-14-22-44(41)57(46)6/h7,9-10,12-15,19-20,22-25,27-30,43H,8,11,16-18,21,26,31-37H2,1-6H3,(H4-,53,54,55,56,59,60,61,62,63)/p+1. The molecule has 2 aliphatic rings. The number of hydrogen-bond donors (Lipinski definition) is 5. The Morgan fingerprint density at radius 2 is 1.50 bits per heavy atom. The van der Waals surface area contributed by atoms with Crippen molar-refractivity contribution in [2.45, 2.75) is 103 Å². The molecule has 0 radical (unpaired) electrons. The second-order valence-corrected chi connectivity index (χ2v) is 17.7. The Kier molecular flexibility index (Phi) is 18.1. The molecule has 0 spiro atoms. The van der Waals surface area contributed by atoms with Crippen LogP contribution in [0.1, 0.15) is 96.3 Å². The van der Waals surface area contributed by atoms with Crippen LogP contribution >= 0.6 is 0 Å². The Hall–Kier alpha value is -6.01. The van der Waals surface area contributed by atoms with Crippen molar-refractivity contribution in [1.29, 1.82) is 0 Å². The van der Waals surface area contributed by atoms with Gasteiger partial charge in [0.05, 0.1) is 12.0 Å². The molecule has 0 saturated heterocycles. The fourth-order valence-corrected chi connectivity index (χ4v) is 8.65. The summed E-state index contributed by atoms with van der Waals surface area (Å²) < 4.78 is 7.64. The van der Waals surface area contributed by atoms with E-state index in [2.05, 4.69) is 144 Å². The number of carbonyl (C=O) groups is 4. The molecule has 0 aliphatic carbocycles. The van der Waals surface area contributed by atoms with Crippen LogP contribution in [0.15, 0.2) is 109 Å². The molecule has 3 aromatic rings. The van der Waals surface area contributed by atoms with Crippen LogP contribution in [0.5, 0.6) is 5.75 Å². The molecule has 0 bridgehead atoms. The number of ether oxygens (including phenoxy) is 1. The molecule has 0 saturated carbocycles. The van der Waals surface area contributed by atoms with Crippen LogP contribution in [0.25, 0.3) is 0 Å². The zero-order chi connectivity index (χ0) is 46.1. The quantitative estimate of drug-likeness (QED) is 0.0368. The van der Waals surface area contributed by atoms with Crippen molar-refractivity contribution in [3.63, 3.8) is 0 Å². The number of anilines is 1. The maximum absolute atomic E-state index is 13.1. The number of phenols is 1. The first-order chi connectivity index (χ1) is 30.7. The Labute approximate surface area is 379 Å². The first-order valence-corrected chi connectivity index (χ1v) is 22.8. The second-order valence-electron chi connectivity index (χ2n) is 17.7. The van der Waals surface area contributed by atoms with Crippen molar-refractivity contribution in [2.24, 2.45) is 0 Å². The maximum atomic E-state index is 13.1. The van der Waals surface area contributed by atoms with Gasteiger partial charge < -0.3 is 36.0 Å². The average molecular weight is 874 g/mol. The summed E-state index contributed by atoms with van der Waals surface area (Å²) in [7, 11) is 2.14. The van der Waals surface area contributed by atoms with Gasteiger partial charge in [-0.05, 0) is 87.8 Å². The summed E-state index contributed by atoms with van der Waals surface area (Å²) in [6.45, 7) is 12.5. The number of phenolic OH excluding ortho intramolecular Hbond substituents is 1. The fraction of sp³-hybridized carbons (Fsp3) is 0.442. The highest BCUT2D eigenvalue weighted by molar-refractivity contribution is 6.03. The minimum atomic E-state index is -0.770. The van der Waals surface area contributed by atoms with E-state index in [1.807, 2.05) is 0 Å². The molecule has 0 fully saturated rings. The van der Waals surface area contributed by atoms with E-state index in [4.69, 9.17) is 4.74 Å². The zero-order valence-corrected chi connectivity index (χ0v) is 38.7. The molecular weight excluding hydrogens is 805 g/mol. The molecule has 12 nitrogen and oxygen atoms in total. The third kappa shape index (κ3) is 13.5. The van der Waals surface area contributed by atoms with Crippen molar-refractivity contribution in [2.75, 3.05) is 51.3 Å². The van der Waals surface area contributed by atoms with Gasteiger partial charge in [0.2, 0.25) is 29.3 Å². The molecule has 3 aromatic carbocycles. The van der Waals surface area contributed by atoms with Gasteiger partial charge in [-0.2, -0.15) is 4.58 Å². The highest BCUT2D eigenvalue weighted by Crippen LogP contribution is 2.47. The molecule has 1 atom stereocenters. The third-order valence-corrected chi connectivity index (χ3v) is 12.2. The lowest BCUT2D eigenvalue weighted by atomic mass is 9.81. The van der Waals surface area contributed by atoms with E-state index in [0.717, 1.165) is 31.4 Å². The zero-order valence-electron chi connectivity index (χ0n) is 38.7. The van der Waals surface area contributed by atoms with Crippen molar-refractivity contribution in [1.82, 2.24) is 21.3 Å². The summed E-state index contributed by atoms with van der Waals surface area (Å²) in [5, 5.41) is 20.9. The number of benzene rings is 3. The van der Waals surface area contributed by atoms with Gasteiger partial charge in [0.15, 0.2) is 5.71 Å². The summed E-state index contributed by atoms with van der Waals surface area (Å²) >= 11 is 0. The van der Waals surface area contributed by atoms with Crippen molar-refractivity contribution < 1.29 is 33.6 Å². The minimum Gasteiger partial charge on any atom is -0.508 e. The van der Waals surface area contributed by atoms with E-state index in [-0.39, 0.29) is 54.1 Å². The van der Waals surface area contributed by atoms with E-state index in [0.29, 0.717) is 45.2 Å². The maximum Gasteiger partial charge on any atom is 0.246 e. The van der Waals surface area contributed by atoms with Crippen LogP contribution < -0.4 is 26.2 Å². The number of nitrogens with zero attached hydrogens (tertiary/aromatic N) is 2. The number of unbranched alkanes of at least 4 members (excludes halogenated alkanes) is 3. The SMILES string of the molecule is CC(=O)NCCOCC(=O)NC(CCCCNC(=O)CCCCCN1/C(=C/C=C/C=C/C2=[N+](C)c3ccccc3C2(C)C)C(C)(C)c2ccccc21)C(=O)NCCc1ccc(O)cc1. The number of aromatic hydroxyl groups is 1. The van der Waals surface area contributed by atoms with Gasteiger partial charge in [-0.3, -0.25) is 19.2 Å². The Bertz CT molecular complexity index is 2200. The van der Waals surface area contributed by atoms with Crippen LogP contribution in [-0.2, 0) is 41.2 Å². The molecule has 2 heterocycles. The normalized spacial score (nSPS) is 16.0. The van der Waals surface area contributed by atoms with Crippen molar-refractivity contribution in [3.8, 4) is 5.75 Å². The predicted molar refractivity (Wildman–Crippen MR) is 255 cm³/mol. The Morgan fingerprint density at radius 1 is 0.766 bits per heavy atom. The number of hydrogen-bond acceptors (Lipinski definition) is 7. The topological polar surface area (TPSA) is 152 Å². The van der Waals surface area contributed by atoms with Crippen LogP contribution in [-0.4, -0.2) is 91.5 Å². The van der Waals surface area contributed by atoms with Crippen LogP contribution in [0, 0.1) is 0 Å². The Morgan fingerprint density at radius 3 is 2.25 bits per heavy atom. The number of carbonyl (C=O) groups excluding carboxylic acids is 4. The van der Waals surface area contributed by atoms with E-state index in [1.54, 1.807) is 24.3 Å². The Balaban J connectivity index is 1.05. The van der Waals surface area contributed by atoms with Crippen LogP contribution in [0.3, 0.4) is 0 Å². The number of nitrogens with one attached hydrogen (secondary N) is 4. The average Bonchev–Trinajstić information content (AvgIpc) is 3.60. The fourth-order valence-electron chi connectivity index (χ4n) is 8.65. The first-order valence-electron chi connectivity index (χ1n) is 22.8. The lowest BCUT2D eigenvalue weighted by Crippen LogP contribution is -2.48. The lowest BCUT2D eigenvalue weighted by molar-refractivity contribution is -0.401. The second kappa shape index (κ2) is 23.6. The molecule has 5 N–H and O–H groups in total. The van der Waals surface area contributed by atoms with E-state index in [1.165, 1.54) is 40.8 Å². The van der Waals surface area contributed by atoms with E-state index >= 15 is 0 Å². The third-order valence-electron chi connectivity index (χ3n) is 12.2. The van der Waals surface area contributed by atoms with Crippen LogP contribution in [0.4, 0.5) is 11.4 Å². The van der Waals surface area contributed by atoms with Gasteiger partial charge in [0.1, 0.15) is 25.4 Å².